The first-order valence-corrected chi connectivity index (χ1v) is 13.5. The van der Waals surface area contributed by atoms with Gasteiger partial charge in [-0.05, 0) is 70.0 Å². The number of benzene rings is 1. The Balaban J connectivity index is 2.99. The normalized spacial score (nSPS) is 13.8. The number of hydrogen-bond donors (Lipinski definition) is 8. The lowest BCUT2D eigenvalue weighted by Crippen LogP contribution is -2.56. The van der Waals surface area contributed by atoms with Gasteiger partial charge in [-0.2, -0.15) is 0 Å². The van der Waals surface area contributed by atoms with E-state index < -0.39 is 47.9 Å². The summed E-state index contributed by atoms with van der Waals surface area (Å²) >= 11 is 0. The number of carbonyl (C=O) groups is 4. The molecule has 0 saturated carbocycles. The summed E-state index contributed by atoms with van der Waals surface area (Å²) in [6.45, 7) is 0.993. The van der Waals surface area contributed by atoms with Crippen LogP contribution in [0.3, 0.4) is 0 Å². The molecule has 40 heavy (non-hydrogen) atoms. The molecule has 224 valence electrons. The largest absolute Gasteiger partial charge is 0.370 e. The van der Waals surface area contributed by atoms with Crippen LogP contribution in [0.4, 0.5) is 4.39 Å². The maximum Gasteiger partial charge on any atom is 0.259 e. The van der Waals surface area contributed by atoms with E-state index in [2.05, 4.69) is 20.9 Å². The molecule has 0 aliphatic carbocycles. The van der Waals surface area contributed by atoms with Crippen LogP contribution in [0.15, 0.2) is 35.3 Å². The second-order valence-corrected chi connectivity index (χ2v) is 9.38. The number of nitrogens with one attached hydrogen (secondary N) is 3. The van der Waals surface area contributed by atoms with E-state index in [9.17, 15) is 23.6 Å². The van der Waals surface area contributed by atoms with Crippen molar-refractivity contribution in [1.29, 1.82) is 0 Å². The molecule has 1 aromatic rings. The van der Waals surface area contributed by atoms with Crippen LogP contribution in [-0.4, -0.2) is 67.3 Å². The zero-order valence-electron chi connectivity index (χ0n) is 22.8. The predicted octanol–water partition coefficient (Wildman–Crippen LogP) is -1.05. The summed E-state index contributed by atoms with van der Waals surface area (Å²) in [5.41, 5.74) is 27.3. The highest BCUT2D eigenvalue weighted by Gasteiger charge is 2.30. The average molecular weight is 566 g/mol. The molecule has 0 fully saturated rings. The fourth-order valence-electron chi connectivity index (χ4n) is 3.88. The molecule has 4 amide bonds. The van der Waals surface area contributed by atoms with E-state index >= 15 is 0 Å². The number of primary amides is 1. The number of carbonyl (C=O) groups excluding carboxylic acids is 4. The lowest BCUT2D eigenvalue weighted by molar-refractivity contribution is -0.134. The SMILES string of the molecule is NCCCC[C@H](NC(=O)C(F)c1ccccc1)C(=O)N[C@@H](CCCCN)C(=O)N[C@@H](CCCN=C(N)N)C(N)=O. The Kier molecular flexibility index (Phi) is 16.5. The number of rotatable bonds is 20. The molecule has 0 bridgehead atoms. The fraction of sp³-hybridized carbons (Fsp3) is 0.577. The smallest absolute Gasteiger partial charge is 0.259 e. The van der Waals surface area contributed by atoms with Crippen molar-refractivity contribution in [2.75, 3.05) is 19.6 Å². The summed E-state index contributed by atoms with van der Waals surface area (Å²) < 4.78 is 14.8. The molecule has 0 saturated heterocycles. The summed E-state index contributed by atoms with van der Waals surface area (Å²) in [5, 5.41) is 7.68. The van der Waals surface area contributed by atoms with Crippen molar-refractivity contribution in [2.45, 2.75) is 75.7 Å². The van der Waals surface area contributed by atoms with Gasteiger partial charge in [0.2, 0.25) is 23.9 Å². The Bertz CT molecular complexity index is 961. The topological polar surface area (TPSA) is 247 Å². The highest BCUT2D eigenvalue weighted by Crippen LogP contribution is 2.17. The second kappa shape index (κ2) is 19.3. The van der Waals surface area contributed by atoms with Gasteiger partial charge in [0, 0.05) is 6.54 Å². The molecule has 13 nitrogen and oxygen atoms in total. The molecule has 14 heteroatoms. The summed E-state index contributed by atoms with van der Waals surface area (Å²) in [6, 6.07) is 4.65. The molecule has 13 N–H and O–H groups in total. The second-order valence-electron chi connectivity index (χ2n) is 9.38. The maximum atomic E-state index is 14.8. The van der Waals surface area contributed by atoms with Gasteiger partial charge in [0.25, 0.3) is 5.91 Å². The van der Waals surface area contributed by atoms with Gasteiger partial charge >= 0.3 is 0 Å². The van der Waals surface area contributed by atoms with Gasteiger partial charge in [-0.25, -0.2) is 4.39 Å². The predicted molar refractivity (Wildman–Crippen MR) is 151 cm³/mol. The van der Waals surface area contributed by atoms with Crippen LogP contribution in [0.1, 0.15) is 63.1 Å². The zero-order chi connectivity index (χ0) is 29.9. The molecule has 4 atom stereocenters. The molecule has 0 aliphatic heterocycles. The van der Waals surface area contributed by atoms with Crippen LogP contribution in [0.5, 0.6) is 0 Å². The highest BCUT2D eigenvalue weighted by molar-refractivity contribution is 5.94. The molecule has 1 rings (SSSR count). The van der Waals surface area contributed by atoms with Crippen LogP contribution >= 0.6 is 0 Å². The third kappa shape index (κ3) is 13.3. The minimum atomic E-state index is -1.98. The molecular formula is C26H44FN9O4. The minimum absolute atomic E-state index is 0.0988. The summed E-state index contributed by atoms with van der Waals surface area (Å²) in [6.07, 6.45) is 1.13. The summed E-state index contributed by atoms with van der Waals surface area (Å²) in [4.78, 5) is 54.8. The Morgan fingerprint density at radius 1 is 0.700 bits per heavy atom. The van der Waals surface area contributed by atoms with Crippen molar-refractivity contribution in [3.63, 3.8) is 0 Å². The summed E-state index contributed by atoms with van der Waals surface area (Å²) in [5.74, 6) is -3.12. The lowest BCUT2D eigenvalue weighted by atomic mass is 10.0. The van der Waals surface area contributed by atoms with Gasteiger partial charge < -0.3 is 44.6 Å². The number of guanidine groups is 1. The van der Waals surface area contributed by atoms with Crippen molar-refractivity contribution in [3.8, 4) is 0 Å². The van der Waals surface area contributed by atoms with Crippen molar-refractivity contribution in [3.05, 3.63) is 35.9 Å². The number of alkyl halides is 1. The van der Waals surface area contributed by atoms with Gasteiger partial charge in [-0.1, -0.05) is 30.3 Å². The third-order valence-corrected chi connectivity index (χ3v) is 6.09. The van der Waals surface area contributed by atoms with E-state index in [-0.39, 0.29) is 37.3 Å². The van der Waals surface area contributed by atoms with Crippen LogP contribution in [0.2, 0.25) is 0 Å². The quantitative estimate of drug-likeness (QED) is 0.0549. The van der Waals surface area contributed by atoms with E-state index in [0.29, 0.717) is 45.2 Å². The van der Waals surface area contributed by atoms with E-state index in [1.54, 1.807) is 18.2 Å². The molecule has 0 aromatic heterocycles. The van der Waals surface area contributed by atoms with Crippen molar-refractivity contribution in [2.24, 2.45) is 33.7 Å². The van der Waals surface area contributed by atoms with Crippen LogP contribution in [-0.2, 0) is 19.2 Å². The van der Waals surface area contributed by atoms with Crippen molar-refractivity contribution < 1.29 is 23.6 Å². The van der Waals surface area contributed by atoms with Gasteiger partial charge in [0.1, 0.15) is 18.1 Å². The minimum Gasteiger partial charge on any atom is -0.370 e. The number of nitrogens with zero attached hydrogens (tertiary/aromatic N) is 1. The first-order valence-electron chi connectivity index (χ1n) is 13.5. The van der Waals surface area contributed by atoms with Crippen molar-refractivity contribution in [1.82, 2.24) is 16.0 Å². The maximum absolute atomic E-state index is 14.8. The molecule has 0 radical (unpaired) electrons. The van der Waals surface area contributed by atoms with E-state index in [0.717, 1.165) is 0 Å². The Morgan fingerprint density at radius 3 is 1.65 bits per heavy atom. The van der Waals surface area contributed by atoms with Gasteiger partial charge in [-0.3, -0.25) is 24.2 Å². The van der Waals surface area contributed by atoms with Gasteiger partial charge in [0.05, 0.1) is 0 Å². The van der Waals surface area contributed by atoms with E-state index in [4.69, 9.17) is 28.7 Å². The Morgan fingerprint density at radius 2 is 1.18 bits per heavy atom. The van der Waals surface area contributed by atoms with Crippen molar-refractivity contribution >= 4 is 29.6 Å². The number of nitrogens with two attached hydrogens (primary N) is 5. The zero-order valence-corrected chi connectivity index (χ0v) is 22.8. The molecule has 0 aliphatic rings. The Hall–Kier alpha value is -3.78. The molecule has 1 aromatic carbocycles. The number of amides is 4. The first kappa shape index (κ1) is 34.2. The first-order chi connectivity index (χ1) is 19.1. The highest BCUT2D eigenvalue weighted by atomic mass is 19.1. The molecule has 1 unspecified atom stereocenters. The van der Waals surface area contributed by atoms with Gasteiger partial charge in [0.15, 0.2) is 5.96 Å². The van der Waals surface area contributed by atoms with Gasteiger partial charge in [-0.15, -0.1) is 0 Å². The standard InChI is InChI=1S/C26H44FN9O4/c27-21(17-9-2-1-3-10-17)25(40)36-20(12-5-7-15-29)24(39)35-19(11-4-6-14-28)23(38)34-18(22(30)37)13-8-16-33-26(31)32/h1-3,9-10,18-21H,4-8,11-16,28-29H2,(H2,30,37)(H,34,38)(H,35,39)(H,36,40)(H4,31,32,33)/t18-,19-,20-,21?/m0/s1. The number of aliphatic imine (C=N–C) groups is 1. The van der Waals surface area contributed by atoms with Crippen LogP contribution in [0, 0.1) is 0 Å². The molecule has 0 heterocycles. The fourth-order valence-corrected chi connectivity index (χ4v) is 3.88. The average Bonchev–Trinajstić information content (AvgIpc) is 2.93. The molecular weight excluding hydrogens is 521 g/mol. The monoisotopic (exact) mass is 565 g/mol. The summed E-state index contributed by atoms with van der Waals surface area (Å²) in [7, 11) is 0. The Labute approximate surface area is 234 Å². The number of unbranched alkanes of at least 4 members (excludes halogenated alkanes) is 2. The number of halogens is 1. The molecule has 0 spiro atoms. The van der Waals surface area contributed by atoms with Crippen LogP contribution < -0.4 is 44.6 Å². The lowest BCUT2D eigenvalue weighted by Gasteiger charge is -2.25. The third-order valence-electron chi connectivity index (χ3n) is 6.09. The van der Waals surface area contributed by atoms with E-state index in [1.165, 1.54) is 12.1 Å². The van der Waals surface area contributed by atoms with Crippen LogP contribution in [0.25, 0.3) is 0 Å². The van der Waals surface area contributed by atoms with E-state index in [1.807, 2.05) is 0 Å². The number of hydrogen-bond acceptors (Lipinski definition) is 7.